The van der Waals surface area contributed by atoms with E-state index in [4.69, 9.17) is 4.74 Å². The smallest absolute Gasteiger partial charge is 0.227 e. The van der Waals surface area contributed by atoms with E-state index in [1.165, 1.54) is 19.3 Å². The van der Waals surface area contributed by atoms with E-state index in [9.17, 15) is 4.79 Å². The molecule has 3 atom stereocenters. The Morgan fingerprint density at radius 1 is 1.22 bits per heavy atom. The van der Waals surface area contributed by atoms with E-state index in [1.807, 2.05) is 24.3 Å². The average molecular weight is 245 g/mol. The minimum Gasteiger partial charge on any atom is -0.497 e. The third-order valence-corrected chi connectivity index (χ3v) is 4.43. The molecule has 2 aliphatic rings. The second-order valence-corrected chi connectivity index (χ2v) is 5.50. The number of methoxy groups -OCH3 is 1. The number of ether oxygens (including phenoxy) is 1. The summed E-state index contributed by atoms with van der Waals surface area (Å²) in [6.45, 7) is 0. The molecule has 3 nitrogen and oxygen atoms in total. The van der Waals surface area contributed by atoms with E-state index in [0.717, 1.165) is 23.8 Å². The van der Waals surface area contributed by atoms with Gasteiger partial charge in [-0.2, -0.15) is 0 Å². The fourth-order valence-electron chi connectivity index (χ4n) is 3.48. The van der Waals surface area contributed by atoms with Crippen LogP contribution in [0.3, 0.4) is 0 Å². The first-order valence-electron chi connectivity index (χ1n) is 6.71. The summed E-state index contributed by atoms with van der Waals surface area (Å²) in [5.74, 6) is 2.70. The van der Waals surface area contributed by atoms with Crippen molar-refractivity contribution in [2.24, 2.45) is 17.8 Å². The molecule has 0 aliphatic heterocycles. The number of fused-ring (bicyclic) bond motifs is 2. The largest absolute Gasteiger partial charge is 0.497 e. The molecule has 0 aromatic heterocycles. The molecule has 0 radical (unpaired) electrons. The highest BCUT2D eigenvalue weighted by molar-refractivity contribution is 5.93. The summed E-state index contributed by atoms with van der Waals surface area (Å²) < 4.78 is 5.10. The van der Waals surface area contributed by atoms with Crippen LogP contribution in [0.5, 0.6) is 5.75 Å². The number of amides is 1. The van der Waals surface area contributed by atoms with Crippen LogP contribution in [0.4, 0.5) is 5.69 Å². The van der Waals surface area contributed by atoms with Crippen molar-refractivity contribution in [3.8, 4) is 5.75 Å². The highest BCUT2D eigenvalue weighted by Crippen LogP contribution is 2.48. The van der Waals surface area contributed by atoms with Crippen LogP contribution in [0.2, 0.25) is 0 Å². The SMILES string of the molecule is COc1ccc(NC(=O)[C@H]2CC3CC[C@@H]2C3)cc1. The Balaban J connectivity index is 1.63. The summed E-state index contributed by atoms with van der Waals surface area (Å²) in [7, 11) is 1.64. The molecule has 0 saturated heterocycles. The third-order valence-electron chi connectivity index (χ3n) is 4.43. The standard InChI is InChI=1S/C15H19NO2/c1-18-13-6-4-12(5-7-13)16-15(17)14-9-10-2-3-11(14)8-10/h4-7,10-11,14H,2-3,8-9H2,1H3,(H,16,17)/t10?,11-,14+/m1/s1. The van der Waals surface area contributed by atoms with Crippen LogP contribution >= 0.6 is 0 Å². The van der Waals surface area contributed by atoms with Gasteiger partial charge in [0, 0.05) is 11.6 Å². The Bertz CT molecular complexity index is 440. The van der Waals surface area contributed by atoms with Crippen molar-refractivity contribution in [3.05, 3.63) is 24.3 Å². The van der Waals surface area contributed by atoms with Crippen LogP contribution in [0.15, 0.2) is 24.3 Å². The quantitative estimate of drug-likeness (QED) is 0.888. The highest BCUT2D eigenvalue weighted by Gasteiger charge is 2.42. The van der Waals surface area contributed by atoms with Crippen molar-refractivity contribution < 1.29 is 9.53 Å². The van der Waals surface area contributed by atoms with E-state index < -0.39 is 0 Å². The Morgan fingerprint density at radius 3 is 2.56 bits per heavy atom. The molecular formula is C15H19NO2. The molecule has 2 aliphatic carbocycles. The molecule has 2 bridgehead atoms. The lowest BCUT2D eigenvalue weighted by Crippen LogP contribution is -2.27. The van der Waals surface area contributed by atoms with E-state index in [1.54, 1.807) is 7.11 Å². The molecular weight excluding hydrogens is 226 g/mol. The Labute approximate surface area is 108 Å². The van der Waals surface area contributed by atoms with Crippen LogP contribution in [-0.4, -0.2) is 13.0 Å². The van der Waals surface area contributed by atoms with E-state index in [0.29, 0.717) is 5.92 Å². The van der Waals surface area contributed by atoms with Gasteiger partial charge in [0.15, 0.2) is 0 Å². The van der Waals surface area contributed by atoms with E-state index >= 15 is 0 Å². The van der Waals surface area contributed by atoms with Gasteiger partial charge in [0.05, 0.1) is 7.11 Å². The zero-order chi connectivity index (χ0) is 12.5. The molecule has 3 heteroatoms. The van der Waals surface area contributed by atoms with Crippen molar-refractivity contribution in [2.75, 3.05) is 12.4 Å². The number of hydrogen-bond acceptors (Lipinski definition) is 2. The molecule has 1 aromatic carbocycles. The molecule has 1 aromatic rings. The Kier molecular flexibility index (Phi) is 2.98. The molecule has 18 heavy (non-hydrogen) atoms. The van der Waals surface area contributed by atoms with Crippen LogP contribution in [-0.2, 0) is 4.79 Å². The monoisotopic (exact) mass is 245 g/mol. The normalized spacial score (nSPS) is 29.3. The molecule has 0 heterocycles. The van der Waals surface area contributed by atoms with Gasteiger partial charge >= 0.3 is 0 Å². The minimum atomic E-state index is 0.201. The van der Waals surface area contributed by atoms with Gasteiger partial charge in [-0.15, -0.1) is 0 Å². The van der Waals surface area contributed by atoms with Gasteiger partial charge in [-0.25, -0.2) is 0 Å². The second-order valence-electron chi connectivity index (χ2n) is 5.50. The predicted molar refractivity (Wildman–Crippen MR) is 70.6 cm³/mol. The van der Waals surface area contributed by atoms with Crippen LogP contribution in [0, 0.1) is 17.8 Å². The van der Waals surface area contributed by atoms with Gasteiger partial charge in [0.1, 0.15) is 5.75 Å². The zero-order valence-electron chi connectivity index (χ0n) is 10.7. The van der Waals surface area contributed by atoms with Crippen molar-refractivity contribution in [3.63, 3.8) is 0 Å². The lowest BCUT2D eigenvalue weighted by Gasteiger charge is -2.20. The number of benzene rings is 1. The van der Waals surface area contributed by atoms with Crippen LogP contribution in [0.25, 0.3) is 0 Å². The van der Waals surface area contributed by atoms with E-state index in [2.05, 4.69) is 5.32 Å². The summed E-state index contributed by atoms with van der Waals surface area (Å²) in [5, 5.41) is 3.03. The first kappa shape index (κ1) is 11.6. The average Bonchev–Trinajstić information content (AvgIpc) is 3.02. The topological polar surface area (TPSA) is 38.3 Å². The number of rotatable bonds is 3. The first-order valence-corrected chi connectivity index (χ1v) is 6.71. The number of carbonyl (C=O) groups is 1. The summed E-state index contributed by atoms with van der Waals surface area (Å²) >= 11 is 0. The molecule has 1 amide bonds. The molecule has 1 unspecified atom stereocenters. The first-order chi connectivity index (χ1) is 8.76. The number of carbonyl (C=O) groups excluding carboxylic acids is 1. The maximum atomic E-state index is 12.2. The van der Waals surface area contributed by atoms with Crippen LogP contribution in [0.1, 0.15) is 25.7 Å². The summed E-state index contributed by atoms with van der Waals surface area (Å²) in [6.07, 6.45) is 4.93. The molecule has 3 rings (SSSR count). The highest BCUT2D eigenvalue weighted by atomic mass is 16.5. The third kappa shape index (κ3) is 2.09. The van der Waals surface area contributed by atoms with Gasteiger partial charge in [0.2, 0.25) is 5.91 Å². The maximum absolute atomic E-state index is 12.2. The van der Waals surface area contributed by atoms with Crippen molar-refractivity contribution in [2.45, 2.75) is 25.7 Å². The fourth-order valence-corrected chi connectivity index (χ4v) is 3.48. The van der Waals surface area contributed by atoms with Gasteiger partial charge in [-0.3, -0.25) is 4.79 Å². The lowest BCUT2D eigenvalue weighted by molar-refractivity contribution is -0.121. The molecule has 1 N–H and O–H groups in total. The van der Waals surface area contributed by atoms with Gasteiger partial charge in [-0.05, 0) is 55.4 Å². The van der Waals surface area contributed by atoms with Gasteiger partial charge in [0.25, 0.3) is 0 Å². The lowest BCUT2D eigenvalue weighted by atomic mass is 9.88. The number of hydrogen-bond donors (Lipinski definition) is 1. The van der Waals surface area contributed by atoms with Gasteiger partial charge < -0.3 is 10.1 Å². The molecule has 2 saturated carbocycles. The van der Waals surface area contributed by atoms with Crippen LogP contribution < -0.4 is 10.1 Å². The summed E-state index contributed by atoms with van der Waals surface area (Å²) in [5.41, 5.74) is 0.864. The zero-order valence-corrected chi connectivity index (χ0v) is 10.7. The molecule has 2 fully saturated rings. The van der Waals surface area contributed by atoms with Crippen molar-refractivity contribution in [1.82, 2.24) is 0 Å². The number of nitrogens with one attached hydrogen (secondary N) is 1. The summed E-state index contributed by atoms with van der Waals surface area (Å²) in [6, 6.07) is 7.53. The number of anilines is 1. The van der Waals surface area contributed by atoms with Gasteiger partial charge in [-0.1, -0.05) is 6.42 Å². The minimum absolute atomic E-state index is 0.201. The Hall–Kier alpha value is -1.51. The molecule has 0 spiro atoms. The second kappa shape index (κ2) is 4.63. The fraction of sp³-hybridized carbons (Fsp3) is 0.533. The summed E-state index contributed by atoms with van der Waals surface area (Å²) in [4.78, 5) is 12.2. The van der Waals surface area contributed by atoms with Crippen molar-refractivity contribution >= 4 is 11.6 Å². The van der Waals surface area contributed by atoms with E-state index in [-0.39, 0.29) is 11.8 Å². The Morgan fingerprint density at radius 2 is 2.00 bits per heavy atom. The molecule has 96 valence electrons. The predicted octanol–water partition coefficient (Wildman–Crippen LogP) is 3.07. The van der Waals surface area contributed by atoms with Crippen molar-refractivity contribution in [1.29, 1.82) is 0 Å². The maximum Gasteiger partial charge on any atom is 0.227 e.